The van der Waals surface area contributed by atoms with Crippen LogP contribution in [0, 0.1) is 20.8 Å². The van der Waals surface area contributed by atoms with Crippen LogP contribution < -0.4 is 10.0 Å². The maximum absolute atomic E-state index is 12.3. The summed E-state index contributed by atoms with van der Waals surface area (Å²) in [4.78, 5) is 12.2. The zero-order chi connectivity index (χ0) is 18.4. The van der Waals surface area contributed by atoms with Crippen LogP contribution in [0.5, 0.6) is 0 Å². The van der Waals surface area contributed by atoms with Gasteiger partial charge >= 0.3 is 0 Å². The van der Waals surface area contributed by atoms with Crippen LogP contribution in [-0.4, -0.2) is 20.9 Å². The number of amides is 1. The fourth-order valence-electron chi connectivity index (χ4n) is 2.37. The number of carbonyl (C=O) groups excluding carboxylic acids is 1. The topological polar surface area (TPSA) is 75.3 Å². The number of rotatable bonds is 7. The van der Waals surface area contributed by atoms with E-state index in [1.165, 1.54) is 0 Å². The standard InChI is InChI=1S/C19H24N2O3S/c1-14-6-4-7-17(12-14)21-19(22)8-5-11-20-25(23,24)18-10-9-15(2)16(3)13-18/h4,6-7,9-10,12-13,20H,5,8,11H2,1-3H3,(H,21,22). The summed E-state index contributed by atoms with van der Waals surface area (Å²) < 4.78 is 27.1. The van der Waals surface area contributed by atoms with Gasteiger partial charge in [-0.2, -0.15) is 0 Å². The Bertz CT molecular complexity index is 861. The summed E-state index contributed by atoms with van der Waals surface area (Å²) in [5, 5.41) is 2.81. The van der Waals surface area contributed by atoms with Crippen LogP contribution in [0.25, 0.3) is 0 Å². The highest BCUT2D eigenvalue weighted by atomic mass is 32.2. The zero-order valence-electron chi connectivity index (χ0n) is 14.8. The van der Waals surface area contributed by atoms with Crippen LogP contribution in [-0.2, 0) is 14.8 Å². The number of nitrogens with one attached hydrogen (secondary N) is 2. The molecule has 5 nitrogen and oxygen atoms in total. The monoisotopic (exact) mass is 360 g/mol. The first kappa shape index (κ1) is 19.1. The fourth-order valence-corrected chi connectivity index (χ4v) is 3.53. The molecule has 0 saturated carbocycles. The second-order valence-corrected chi connectivity index (χ2v) is 7.93. The van der Waals surface area contributed by atoms with E-state index < -0.39 is 10.0 Å². The van der Waals surface area contributed by atoms with Crippen LogP contribution >= 0.6 is 0 Å². The molecule has 0 aliphatic heterocycles. The normalized spacial score (nSPS) is 11.3. The molecular weight excluding hydrogens is 336 g/mol. The molecule has 0 saturated heterocycles. The summed E-state index contributed by atoms with van der Waals surface area (Å²) in [6, 6.07) is 12.6. The summed E-state index contributed by atoms with van der Waals surface area (Å²) in [5.41, 5.74) is 3.80. The van der Waals surface area contributed by atoms with Crippen molar-refractivity contribution in [1.82, 2.24) is 4.72 Å². The Morgan fingerprint density at radius 3 is 2.44 bits per heavy atom. The van der Waals surface area contributed by atoms with Crippen molar-refractivity contribution in [2.75, 3.05) is 11.9 Å². The Labute approximate surface area is 149 Å². The first-order valence-electron chi connectivity index (χ1n) is 8.21. The van der Waals surface area contributed by atoms with Crippen molar-refractivity contribution in [2.45, 2.75) is 38.5 Å². The minimum Gasteiger partial charge on any atom is -0.326 e. The minimum absolute atomic E-state index is 0.129. The van der Waals surface area contributed by atoms with Crippen LogP contribution in [0.15, 0.2) is 47.4 Å². The van der Waals surface area contributed by atoms with Gasteiger partial charge in [-0.05, 0) is 68.1 Å². The van der Waals surface area contributed by atoms with Crippen LogP contribution in [0.1, 0.15) is 29.5 Å². The van der Waals surface area contributed by atoms with E-state index >= 15 is 0 Å². The lowest BCUT2D eigenvalue weighted by Crippen LogP contribution is -2.26. The van der Waals surface area contributed by atoms with Gasteiger partial charge in [0.25, 0.3) is 0 Å². The number of anilines is 1. The average Bonchev–Trinajstić information content (AvgIpc) is 2.54. The highest BCUT2D eigenvalue weighted by Gasteiger charge is 2.14. The van der Waals surface area contributed by atoms with Crippen molar-refractivity contribution >= 4 is 21.6 Å². The highest BCUT2D eigenvalue weighted by molar-refractivity contribution is 7.89. The molecule has 2 aromatic carbocycles. The van der Waals surface area contributed by atoms with E-state index in [1.54, 1.807) is 18.2 Å². The molecule has 0 spiro atoms. The molecule has 0 bridgehead atoms. The molecule has 2 aromatic rings. The molecule has 2 rings (SSSR count). The molecule has 0 heterocycles. The largest absolute Gasteiger partial charge is 0.326 e. The summed E-state index contributed by atoms with van der Waals surface area (Å²) in [6.45, 7) is 5.99. The molecule has 0 fully saturated rings. The van der Waals surface area contributed by atoms with Gasteiger partial charge in [0.2, 0.25) is 15.9 Å². The lowest BCUT2D eigenvalue weighted by atomic mass is 10.1. The first-order chi connectivity index (χ1) is 11.8. The maximum atomic E-state index is 12.3. The van der Waals surface area contributed by atoms with Crippen molar-refractivity contribution in [3.8, 4) is 0 Å². The molecule has 2 N–H and O–H groups in total. The number of benzene rings is 2. The predicted molar refractivity (Wildman–Crippen MR) is 100 cm³/mol. The lowest BCUT2D eigenvalue weighted by Gasteiger charge is -2.09. The molecule has 0 atom stereocenters. The van der Waals surface area contributed by atoms with E-state index in [4.69, 9.17) is 0 Å². The molecule has 0 aliphatic rings. The van der Waals surface area contributed by atoms with E-state index in [9.17, 15) is 13.2 Å². The minimum atomic E-state index is -3.54. The van der Waals surface area contributed by atoms with Crippen molar-refractivity contribution in [1.29, 1.82) is 0 Å². The second kappa shape index (κ2) is 8.27. The van der Waals surface area contributed by atoms with Crippen molar-refractivity contribution in [3.63, 3.8) is 0 Å². The summed E-state index contributed by atoms with van der Waals surface area (Å²) >= 11 is 0. The maximum Gasteiger partial charge on any atom is 0.240 e. The lowest BCUT2D eigenvalue weighted by molar-refractivity contribution is -0.116. The molecule has 134 valence electrons. The summed E-state index contributed by atoms with van der Waals surface area (Å²) in [6.07, 6.45) is 0.686. The molecule has 25 heavy (non-hydrogen) atoms. The van der Waals surface area contributed by atoms with Gasteiger partial charge < -0.3 is 5.32 Å². The Hall–Kier alpha value is -2.18. The predicted octanol–water partition coefficient (Wildman–Crippen LogP) is 3.31. The Morgan fingerprint density at radius 1 is 1.00 bits per heavy atom. The van der Waals surface area contributed by atoms with E-state index in [0.717, 1.165) is 22.4 Å². The number of sulfonamides is 1. The van der Waals surface area contributed by atoms with Crippen LogP contribution in [0.2, 0.25) is 0 Å². The quantitative estimate of drug-likeness (QED) is 0.744. The van der Waals surface area contributed by atoms with E-state index in [0.29, 0.717) is 6.42 Å². The summed E-state index contributed by atoms with van der Waals surface area (Å²) in [7, 11) is -3.54. The first-order valence-corrected chi connectivity index (χ1v) is 9.70. The van der Waals surface area contributed by atoms with Crippen molar-refractivity contribution in [3.05, 3.63) is 59.2 Å². The third-order valence-electron chi connectivity index (χ3n) is 3.96. The third-order valence-corrected chi connectivity index (χ3v) is 5.42. The van der Waals surface area contributed by atoms with Gasteiger partial charge in [0, 0.05) is 18.7 Å². The van der Waals surface area contributed by atoms with E-state index in [1.807, 2.05) is 45.0 Å². The Morgan fingerprint density at radius 2 is 1.76 bits per heavy atom. The number of hydrogen-bond donors (Lipinski definition) is 2. The molecule has 1 amide bonds. The summed E-state index contributed by atoms with van der Waals surface area (Å²) in [5.74, 6) is -0.129. The Kier molecular flexibility index (Phi) is 6.33. The van der Waals surface area contributed by atoms with Gasteiger partial charge in [0.15, 0.2) is 0 Å². The second-order valence-electron chi connectivity index (χ2n) is 6.17. The molecular formula is C19H24N2O3S. The number of hydrogen-bond acceptors (Lipinski definition) is 3. The molecule has 0 aromatic heterocycles. The average molecular weight is 360 g/mol. The fraction of sp³-hybridized carbons (Fsp3) is 0.316. The highest BCUT2D eigenvalue weighted by Crippen LogP contribution is 2.14. The molecule has 0 unspecified atom stereocenters. The van der Waals surface area contributed by atoms with Crippen LogP contribution in [0.3, 0.4) is 0 Å². The SMILES string of the molecule is Cc1cccc(NC(=O)CCCNS(=O)(=O)c2ccc(C)c(C)c2)c1. The van der Waals surface area contributed by atoms with Gasteiger partial charge in [0.05, 0.1) is 4.90 Å². The molecule has 0 radical (unpaired) electrons. The smallest absolute Gasteiger partial charge is 0.240 e. The van der Waals surface area contributed by atoms with E-state index in [2.05, 4.69) is 10.0 Å². The van der Waals surface area contributed by atoms with Gasteiger partial charge in [-0.25, -0.2) is 13.1 Å². The van der Waals surface area contributed by atoms with Gasteiger partial charge in [-0.1, -0.05) is 18.2 Å². The zero-order valence-corrected chi connectivity index (χ0v) is 15.6. The Balaban J connectivity index is 1.81. The third kappa shape index (κ3) is 5.69. The number of aryl methyl sites for hydroxylation is 3. The molecule has 0 aliphatic carbocycles. The molecule has 6 heteroatoms. The van der Waals surface area contributed by atoms with Gasteiger partial charge in [-0.15, -0.1) is 0 Å². The van der Waals surface area contributed by atoms with Gasteiger partial charge in [0.1, 0.15) is 0 Å². The van der Waals surface area contributed by atoms with Gasteiger partial charge in [-0.3, -0.25) is 4.79 Å². The van der Waals surface area contributed by atoms with Crippen LogP contribution in [0.4, 0.5) is 5.69 Å². The van der Waals surface area contributed by atoms with E-state index in [-0.39, 0.29) is 23.8 Å². The number of carbonyl (C=O) groups is 1. The van der Waals surface area contributed by atoms with Crippen molar-refractivity contribution in [2.24, 2.45) is 0 Å². The van der Waals surface area contributed by atoms with Crippen molar-refractivity contribution < 1.29 is 13.2 Å².